The largest absolute Gasteiger partial charge is 0.310 e. The predicted octanol–water partition coefficient (Wildman–Crippen LogP) is 7.23. The zero-order valence-electron chi connectivity index (χ0n) is 15.5. The van der Waals surface area contributed by atoms with Crippen LogP contribution in [0.15, 0.2) is 84.9 Å². The molecule has 0 heterocycles. The molecule has 0 N–H and O–H groups in total. The summed E-state index contributed by atoms with van der Waals surface area (Å²) in [5.41, 5.74) is 7.40. The Hall–Kier alpha value is -3.06. The summed E-state index contributed by atoms with van der Waals surface area (Å²) in [6.07, 6.45) is 0. The minimum Gasteiger partial charge on any atom is -0.310 e. The zero-order chi connectivity index (χ0) is 18.1. The van der Waals surface area contributed by atoms with Crippen molar-refractivity contribution in [2.75, 3.05) is 4.90 Å². The van der Waals surface area contributed by atoms with Crippen LogP contribution in [-0.4, -0.2) is 0 Å². The van der Waals surface area contributed by atoms with E-state index < -0.39 is 0 Å². The molecule has 0 saturated carbocycles. The van der Waals surface area contributed by atoms with Gasteiger partial charge in [0.15, 0.2) is 0 Å². The highest BCUT2D eigenvalue weighted by atomic mass is 15.1. The van der Waals surface area contributed by atoms with E-state index in [1.165, 1.54) is 44.5 Å². The van der Waals surface area contributed by atoms with Crippen LogP contribution < -0.4 is 4.90 Å². The number of fused-ring (bicyclic) bond motifs is 1. The second-order valence-electron chi connectivity index (χ2n) is 7.02. The summed E-state index contributed by atoms with van der Waals surface area (Å²) in [5, 5.41) is 2.52. The Morgan fingerprint density at radius 2 is 1.19 bits per heavy atom. The molecule has 26 heavy (non-hydrogen) atoms. The Bertz CT molecular complexity index is 1040. The predicted molar refractivity (Wildman–Crippen MR) is 113 cm³/mol. The molecule has 1 nitrogen and oxygen atoms in total. The van der Waals surface area contributed by atoms with E-state index in [4.69, 9.17) is 0 Å². The van der Waals surface area contributed by atoms with Gasteiger partial charge >= 0.3 is 0 Å². The second-order valence-corrected chi connectivity index (χ2v) is 7.02. The van der Waals surface area contributed by atoms with Gasteiger partial charge in [-0.2, -0.15) is 0 Å². The third-order valence-corrected chi connectivity index (χ3v) is 4.76. The van der Waals surface area contributed by atoms with E-state index in [-0.39, 0.29) is 0 Å². The number of nitrogens with zero attached hydrogens (tertiary/aromatic N) is 1. The normalized spacial score (nSPS) is 10.9. The van der Waals surface area contributed by atoms with Crippen molar-refractivity contribution in [2.24, 2.45) is 0 Å². The highest BCUT2D eigenvalue weighted by molar-refractivity contribution is 5.98. The average molecular weight is 337 g/mol. The van der Waals surface area contributed by atoms with E-state index in [9.17, 15) is 0 Å². The molecule has 0 aliphatic carbocycles. The van der Waals surface area contributed by atoms with Crippen molar-refractivity contribution in [1.82, 2.24) is 0 Å². The van der Waals surface area contributed by atoms with Crippen molar-refractivity contribution in [2.45, 2.75) is 20.8 Å². The molecule has 0 bridgehead atoms. The standard InChI is InChI=1S/C25H23N/c1-18-11-13-22(14-12-18)26(23-16-19(2)15-20(3)17-23)25-10-6-8-21-7-4-5-9-24(21)25/h4-17H,1-3H3. The summed E-state index contributed by atoms with van der Waals surface area (Å²) in [7, 11) is 0. The first-order valence-electron chi connectivity index (χ1n) is 9.05. The fourth-order valence-corrected chi connectivity index (χ4v) is 3.60. The molecule has 0 aliphatic rings. The van der Waals surface area contributed by atoms with Gasteiger partial charge in [0.25, 0.3) is 0 Å². The van der Waals surface area contributed by atoms with E-state index in [0.29, 0.717) is 0 Å². The van der Waals surface area contributed by atoms with Gasteiger partial charge in [-0.3, -0.25) is 0 Å². The molecule has 128 valence electrons. The molecule has 0 saturated heterocycles. The molecule has 0 aromatic heterocycles. The van der Waals surface area contributed by atoms with Gasteiger partial charge in [-0.1, -0.05) is 60.2 Å². The molecule has 0 amide bonds. The van der Waals surface area contributed by atoms with Gasteiger partial charge in [0.2, 0.25) is 0 Å². The first-order chi connectivity index (χ1) is 12.6. The van der Waals surface area contributed by atoms with Crippen LogP contribution >= 0.6 is 0 Å². The number of benzene rings is 4. The minimum atomic E-state index is 1.18. The van der Waals surface area contributed by atoms with Crippen LogP contribution in [0.5, 0.6) is 0 Å². The van der Waals surface area contributed by atoms with Crippen LogP contribution in [0, 0.1) is 20.8 Å². The summed E-state index contributed by atoms with van der Waals surface area (Å²) >= 11 is 0. The van der Waals surface area contributed by atoms with Gasteiger partial charge in [0, 0.05) is 16.8 Å². The van der Waals surface area contributed by atoms with Gasteiger partial charge in [0.05, 0.1) is 5.69 Å². The van der Waals surface area contributed by atoms with Crippen molar-refractivity contribution < 1.29 is 0 Å². The summed E-state index contributed by atoms with van der Waals surface area (Å²) in [6, 6.07) is 30.6. The maximum absolute atomic E-state index is 2.36. The molecular weight excluding hydrogens is 314 g/mol. The van der Waals surface area contributed by atoms with Crippen LogP contribution in [0.2, 0.25) is 0 Å². The number of anilines is 3. The van der Waals surface area contributed by atoms with Crippen LogP contribution in [-0.2, 0) is 0 Å². The molecule has 0 unspecified atom stereocenters. The van der Waals surface area contributed by atoms with Crippen LogP contribution in [0.1, 0.15) is 16.7 Å². The quantitative estimate of drug-likeness (QED) is 0.381. The molecule has 0 spiro atoms. The topological polar surface area (TPSA) is 3.24 Å². The second kappa shape index (κ2) is 6.68. The molecule has 0 fully saturated rings. The fraction of sp³-hybridized carbons (Fsp3) is 0.120. The van der Waals surface area contributed by atoms with E-state index in [2.05, 4.69) is 111 Å². The van der Waals surface area contributed by atoms with Crippen molar-refractivity contribution in [1.29, 1.82) is 0 Å². The summed E-state index contributed by atoms with van der Waals surface area (Å²) < 4.78 is 0. The maximum Gasteiger partial charge on any atom is 0.0540 e. The van der Waals surface area contributed by atoms with Crippen molar-refractivity contribution >= 4 is 27.8 Å². The molecule has 0 atom stereocenters. The summed E-state index contributed by atoms with van der Waals surface area (Å²) in [5.74, 6) is 0. The average Bonchev–Trinajstić information content (AvgIpc) is 2.63. The van der Waals surface area contributed by atoms with Crippen molar-refractivity contribution in [3.8, 4) is 0 Å². The van der Waals surface area contributed by atoms with Crippen LogP contribution in [0.25, 0.3) is 10.8 Å². The highest BCUT2D eigenvalue weighted by Crippen LogP contribution is 2.39. The molecule has 4 aromatic carbocycles. The highest BCUT2D eigenvalue weighted by Gasteiger charge is 2.15. The first-order valence-corrected chi connectivity index (χ1v) is 9.05. The molecule has 0 radical (unpaired) electrons. The van der Waals surface area contributed by atoms with Gasteiger partial charge in [-0.25, -0.2) is 0 Å². The Kier molecular flexibility index (Phi) is 4.22. The molecule has 4 aromatic rings. The molecular formula is C25H23N. The molecule has 4 rings (SSSR count). The fourth-order valence-electron chi connectivity index (χ4n) is 3.60. The lowest BCUT2D eigenvalue weighted by molar-refractivity contribution is 1.26. The monoisotopic (exact) mass is 337 g/mol. The lowest BCUT2D eigenvalue weighted by atomic mass is 10.0. The summed E-state index contributed by atoms with van der Waals surface area (Å²) in [4.78, 5) is 2.36. The smallest absolute Gasteiger partial charge is 0.0540 e. The number of hydrogen-bond acceptors (Lipinski definition) is 1. The Morgan fingerprint density at radius 1 is 0.538 bits per heavy atom. The van der Waals surface area contributed by atoms with Crippen molar-refractivity contribution in [3.63, 3.8) is 0 Å². The number of aryl methyl sites for hydroxylation is 3. The lowest BCUT2D eigenvalue weighted by Gasteiger charge is -2.27. The third kappa shape index (κ3) is 3.09. The maximum atomic E-state index is 2.36. The number of hydrogen-bond donors (Lipinski definition) is 0. The van der Waals surface area contributed by atoms with Gasteiger partial charge in [-0.15, -0.1) is 0 Å². The Labute approximate surface area is 155 Å². The van der Waals surface area contributed by atoms with Gasteiger partial charge < -0.3 is 4.90 Å². The third-order valence-electron chi connectivity index (χ3n) is 4.76. The Balaban J connectivity index is 2.00. The summed E-state index contributed by atoms with van der Waals surface area (Å²) in [6.45, 7) is 6.45. The first kappa shape index (κ1) is 16.4. The SMILES string of the molecule is Cc1ccc(N(c2cc(C)cc(C)c2)c2cccc3ccccc23)cc1. The molecule has 1 heteroatoms. The molecule has 0 aliphatic heterocycles. The van der Waals surface area contributed by atoms with Gasteiger partial charge in [0.1, 0.15) is 0 Å². The van der Waals surface area contributed by atoms with E-state index >= 15 is 0 Å². The van der Waals surface area contributed by atoms with Crippen LogP contribution in [0.3, 0.4) is 0 Å². The Morgan fingerprint density at radius 3 is 1.92 bits per heavy atom. The number of rotatable bonds is 3. The van der Waals surface area contributed by atoms with E-state index in [1.807, 2.05) is 0 Å². The zero-order valence-corrected chi connectivity index (χ0v) is 15.5. The van der Waals surface area contributed by atoms with E-state index in [1.54, 1.807) is 0 Å². The minimum absolute atomic E-state index is 1.18. The van der Waals surface area contributed by atoms with Crippen molar-refractivity contribution in [3.05, 3.63) is 102 Å². The van der Waals surface area contributed by atoms with E-state index in [0.717, 1.165) is 0 Å². The van der Waals surface area contributed by atoms with Gasteiger partial charge in [-0.05, 0) is 67.6 Å². The van der Waals surface area contributed by atoms with Crippen LogP contribution in [0.4, 0.5) is 17.1 Å². The lowest BCUT2D eigenvalue weighted by Crippen LogP contribution is -2.11.